The molecule has 0 spiro atoms. The molecule has 1 saturated heterocycles. The van der Waals surface area contributed by atoms with Gasteiger partial charge in [-0.05, 0) is 25.1 Å². The minimum absolute atomic E-state index is 0.0120. The van der Waals surface area contributed by atoms with Crippen LogP contribution in [-0.2, 0) is 4.79 Å². The van der Waals surface area contributed by atoms with Crippen LogP contribution in [0.5, 0.6) is 0 Å². The predicted molar refractivity (Wildman–Crippen MR) is 78.1 cm³/mol. The van der Waals surface area contributed by atoms with Gasteiger partial charge in [-0.2, -0.15) is 17.0 Å². The number of nitrogens with one attached hydrogen (secondary N) is 1. The molecule has 1 amide bonds. The topological polar surface area (TPSA) is 56.1 Å². The summed E-state index contributed by atoms with van der Waals surface area (Å²) in [6.07, 6.45) is 0. The standard InChI is InChI=1S/C14H17N3OS/c1-11(17-5-7-19-8-6-17)14(18)16-13-4-2-3-12(9-13)10-15/h2-4,9,11H,5-8H2,1H3,(H,16,18). The summed E-state index contributed by atoms with van der Waals surface area (Å²) in [5.41, 5.74) is 1.24. The molecule has 100 valence electrons. The maximum absolute atomic E-state index is 12.2. The number of benzene rings is 1. The molecule has 0 radical (unpaired) electrons. The summed E-state index contributed by atoms with van der Waals surface area (Å²) in [4.78, 5) is 14.4. The maximum atomic E-state index is 12.2. The van der Waals surface area contributed by atoms with E-state index in [2.05, 4.69) is 16.3 Å². The van der Waals surface area contributed by atoms with Gasteiger partial charge < -0.3 is 5.32 Å². The molecule has 5 heteroatoms. The molecule has 0 bridgehead atoms. The van der Waals surface area contributed by atoms with E-state index in [1.54, 1.807) is 24.3 Å². The largest absolute Gasteiger partial charge is 0.325 e. The van der Waals surface area contributed by atoms with Crippen molar-refractivity contribution in [2.24, 2.45) is 0 Å². The van der Waals surface area contributed by atoms with Gasteiger partial charge in [0.05, 0.1) is 17.7 Å². The monoisotopic (exact) mass is 275 g/mol. The lowest BCUT2D eigenvalue weighted by atomic mass is 10.2. The second-order valence-electron chi connectivity index (χ2n) is 4.51. The molecule has 2 rings (SSSR count). The number of carbonyl (C=O) groups is 1. The summed E-state index contributed by atoms with van der Waals surface area (Å²) >= 11 is 1.93. The van der Waals surface area contributed by atoms with Gasteiger partial charge >= 0.3 is 0 Å². The van der Waals surface area contributed by atoms with E-state index in [1.807, 2.05) is 18.7 Å². The van der Waals surface area contributed by atoms with E-state index in [0.717, 1.165) is 24.6 Å². The van der Waals surface area contributed by atoms with Crippen molar-refractivity contribution in [3.63, 3.8) is 0 Å². The van der Waals surface area contributed by atoms with Crippen molar-refractivity contribution in [1.29, 1.82) is 5.26 Å². The van der Waals surface area contributed by atoms with Crippen molar-refractivity contribution in [3.8, 4) is 6.07 Å². The van der Waals surface area contributed by atoms with Crippen LogP contribution in [0.4, 0.5) is 5.69 Å². The quantitative estimate of drug-likeness (QED) is 0.916. The molecule has 0 aliphatic carbocycles. The van der Waals surface area contributed by atoms with Crippen molar-refractivity contribution in [3.05, 3.63) is 29.8 Å². The van der Waals surface area contributed by atoms with Crippen LogP contribution in [0.1, 0.15) is 12.5 Å². The molecule has 1 aromatic rings. The number of nitriles is 1. The van der Waals surface area contributed by atoms with Gasteiger partial charge in [0.1, 0.15) is 0 Å². The number of amides is 1. The average molecular weight is 275 g/mol. The first-order valence-corrected chi connectivity index (χ1v) is 7.49. The lowest BCUT2D eigenvalue weighted by molar-refractivity contribution is -0.120. The van der Waals surface area contributed by atoms with Crippen LogP contribution in [0.3, 0.4) is 0 Å². The van der Waals surface area contributed by atoms with E-state index in [9.17, 15) is 4.79 Å². The van der Waals surface area contributed by atoms with Gasteiger partial charge in [-0.15, -0.1) is 0 Å². The Labute approximate surface area is 117 Å². The molecule has 4 nitrogen and oxygen atoms in total. The van der Waals surface area contributed by atoms with Crippen molar-refractivity contribution >= 4 is 23.4 Å². The molecule has 19 heavy (non-hydrogen) atoms. The molecule has 1 atom stereocenters. The Morgan fingerprint density at radius 1 is 1.47 bits per heavy atom. The van der Waals surface area contributed by atoms with Gasteiger partial charge in [0.25, 0.3) is 0 Å². The summed E-state index contributed by atoms with van der Waals surface area (Å²) < 4.78 is 0. The highest BCUT2D eigenvalue weighted by Crippen LogP contribution is 2.14. The SMILES string of the molecule is CC(C(=O)Nc1cccc(C#N)c1)N1CCSCC1. The molecule has 1 aliphatic rings. The first-order chi connectivity index (χ1) is 9.20. The maximum Gasteiger partial charge on any atom is 0.241 e. The number of nitrogens with zero attached hydrogens (tertiary/aromatic N) is 2. The highest BCUT2D eigenvalue weighted by atomic mass is 32.2. The minimum Gasteiger partial charge on any atom is -0.325 e. The third kappa shape index (κ3) is 3.72. The molecule has 1 N–H and O–H groups in total. The number of carbonyl (C=O) groups excluding carboxylic acids is 1. The highest BCUT2D eigenvalue weighted by molar-refractivity contribution is 7.99. The summed E-state index contributed by atoms with van der Waals surface area (Å²) in [7, 11) is 0. The fraction of sp³-hybridized carbons (Fsp3) is 0.429. The van der Waals surface area contributed by atoms with Crippen LogP contribution < -0.4 is 5.32 Å². The van der Waals surface area contributed by atoms with E-state index in [0.29, 0.717) is 11.3 Å². The average Bonchev–Trinajstić information content (AvgIpc) is 2.47. The second kappa shape index (κ2) is 6.60. The molecule has 0 aromatic heterocycles. The Hall–Kier alpha value is -1.51. The lowest BCUT2D eigenvalue weighted by Crippen LogP contribution is -2.46. The van der Waals surface area contributed by atoms with Crippen LogP contribution in [0.15, 0.2) is 24.3 Å². The Kier molecular flexibility index (Phi) is 4.83. The number of hydrogen-bond acceptors (Lipinski definition) is 4. The van der Waals surface area contributed by atoms with E-state index in [1.165, 1.54) is 0 Å². The molecular formula is C14H17N3OS. The smallest absolute Gasteiger partial charge is 0.241 e. The van der Waals surface area contributed by atoms with Gasteiger partial charge in [-0.25, -0.2) is 0 Å². The fourth-order valence-electron chi connectivity index (χ4n) is 2.04. The van der Waals surface area contributed by atoms with Crippen LogP contribution in [-0.4, -0.2) is 41.4 Å². The first kappa shape index (κ1) is 13.9. The van der Waals surface area contributed by atoms with E-state index >= 15 is 0 Å². The van der Waals surface area contributed by atoms with Crippen molar-refractivity contribution in [1.82, 2.24) is 4.90 Å². The lowest BCUT2D eigenvalue weighted by Gasteiger charge is -2.31. The Balaban J connectivity index is 1.97. The minimum atomic E-state index is -0.133. The van der Waals surface area contributed by atoms with Crippen molar-refractivity contribution in [2.75, 3.05) is 29.9 Å². The molecule has 1 heterocycles. The van der Waals surface area contributed by atoms with Crippen LogP contribution >= 0.6 is 11.8 Å². The molecule has 1 aromatic carbocycles. The van der Waals surface area contributed by atoms with Crippen molar-refractivity contribution in [2.45, 2.75) is 13.0 Å². The van der Waals surface area contributed by atoms with E-state index < -0.39 is 0 Å². The zero-order valence-corrected chi connectivity index (χ0v) is 11.7. The summed E-state index contributed by atoms with van der Waals surface area (Å²) in [5.74, 6) is 2.16. The Bertz CT molecular complexity index is 492. The van der Waals surface area contributed by atoms with Crippen molar-refractivity contribution < 1.29 is 4.79 Å². The molecule has 1 fully saturated rings. The van der Waals surface area contributed by atoms with E-state index in [-0.39, 0.29) is 11.9 Å². The molecule has 1 aliphatic heterocycles. The highest BCUT2D eigenvalue weighted by Gasteiger charge is 2.22. The van der Waals surface area contributed by atoms with Crippen LogP contribution in [0.2, 0.25) is 0 Å². The number of thioether (sulfide) groups is 1. The normalized spacial score (nSPS) is 17.5. The third-order valence-electron chi connectivity index (χ3n) is 3.23. The molecule has 1 unspecified atom stereocenters. The van der Waals surface area contributed by atoms with Crippen LogP contribution in [0, 0.1) is 11.3 Å². The van der Waals surface area contributed by atoms with E-state index in [4.69, 9.17) is 5.26 Å². The van der Waals surface area contributed by atoms with Gasteiger partial charge in [0.2, 0.25) is 5.91 Å². The summed E-state index contributed by atoms with van der Waals surface area (Å²) in [5, 5.41) is 11.7. The van der Waals surface area contributed by atoms with Gasteiger partial charge in [0, 0.05) is 30.3 Å². The number of rotatable bonds is 3. The zero-order chi connectivity index (χ0) is 13.7. The van der Waals surface area contributed by atoms with Gasteiger partial charge in [0.15, 0.2) is 0 Å². The van der Waals surface area contributed by atoms with Gasteiger partial charge in [-0.3, -0.25) is 9.69 Å². The third-order valence-corrected chi connectivity index (χ3v) is 4.17. The second-order valence-corrected chi connectivity index (χ2v) is 5.73. The zero-order valence-electron chi connectivity index (χ0n) is 10.9. The van der Waals surface area contributed by atoms with Gasteiger partial charge in [-0.1, -0.05) is 6.07 Å². The molecular weight excluding hydrogens is 258 g/mol. The number of anilines is 1. The molecule has 0 saturated carbocycles. The predicted octanol–water partition coefficient (Wildman–Crippen LogP) is 1.93. The Morgan fingerprint density at radius 3 is 2.89 bits per heavy atom. The Morgan fingerprint density at radius 2 is 2.21 bits per heavy atom. The fourth-order valence-corrected chi connectivity index (χ4v) is 2.98. The summed E-state index contributed by atoms with van der Waals surface area (Å²) in [6, 6.07) is 8.93. The number of hydrogen-bond donors (Lipinski definition) is 1. The van der Waals surface area contributed by atoms with Crippen LogP contribution in [0.25, 0.3) is 0 Å². The summed E-state index contributed by atoms with van der Waals surface area (Å²) in [6.45, 7) is 3.84. The first-order valence-electron chi connectivity index (χ1n) is 6.33.